The molecular weight excluding hydrogens is 677 g/mol. The molecule has 6 rings (SSSR count). The molecule has 5 aromatic rings. The molecule has 0 amide bonds. The molecule has 47 heavy (non-hydrogen) atoms. The van der Waals surface area contributed by atoms with Gasteiger partial charge in [0.15, 0.2) is 0 Å². The van der Waals surface area contributed by atoms with Gasteiger partial charge < -0.3 is 29.6 Å². The molecule has 3 heterocycles. The maximum atomic E-state index is 13.0. The van der Waals surface area contributed by atoms with Crippen LogP contribution in [-0.2, 0) is 17.5 Å². The minimum absolute atomic E-state index is 0.275. The summed E-state index contributed by atoms with van der Waals surface area (Å²) in [5, 5.41) is 12.4. The normalized spacial score (nSPS) is 12.7. The van der Waals surface area contributed by atoms with Crippen LogP contribution in [0.15, 0.2) is 77.5 Å². The molecule has 1 aliphatic rings. The zero-order valence-corrected chi connectivity index (χ0v) is 29.9. The summed E-state index contributed by atoms with van der Waals surface area (Å²) >= 11 is 3.58. The number of fused-ring (bicyclic) bond motifs is 3. The van der Waals surface area contributed by atoms with E-state index < -0.39 is 7.14 Å². The number of aromatic nitrogens is 4. The third kappa shape index (κ3) is 6.87. The first-order valence-corrected chi connectivity index (χ1v) is 18.8. The SMILES string of the molecule is COc1ccc(Cn2ncc3c2CCN(C(C)C)c2cc(OC)c(Nc4ncc(Br)c(Nc5ccccc5P(C)(C)=O)n4)cc2-3)cc1. The minimum Gasteiger partial charge on any atom is -0.497 e. The number of methoxy groups -OCH3 is 2. The monoisotopic (exact) mass is 715 g/mol. The number of hydrogen-bond acceptors (Lipinski definition) is 9. The third-order valence-electron chi connectivity index (χ3n) is 8.30. The number of para-hydroxylation sites is 1. The van der Waals surface area contributed by atoms with Crippen molar-refractivity contribution < 1.29 is 14.0 Å². The van der Waals surface area contributed by atoms with E-state index in [1.165, 1.54) is 5.69 Å². The summed E-state index contributed by atoms with van der Waals surface area (Å²) < 4.78 is 27.0. The van der Waals surface area contributed by atoms with Crippen LogP contribution in [0, 0.1) is 0 Å². The van der Waals surface area contributed by atoms with Crippen molar-refractivity contribution in [3.8, 4) is 22.6 Å². The van der Waals surface area contributed by atoms with Gasteiger partial charge in [-0.2, -0.15) is 10.1 Å². The van der Waals surface area contributed by atoms with Crippen LogP contribution in [0.3, 0.4) is 0 Å². The quantitative estimate of drug-likeness (QED) is 0.141. The molecule has 0 saturated carbocycles. The number of ether oxygens (including phenoxy) is 2. The predicted molar refractivity (Wildman–Crippen MR) is 194 cm³/mol. The number of rotatable bonds is 10. The molecule has 2 N–H and O–H groups in total. The minimum atomic E-state index is -2.53. The van der Waals surface area contributed by atoms with E-state index >= 15 is 0 Å². The smallest absolute Gasteiger partial charge is 0.229 e. The van der Waals surface area contributed by atoms with Crippen LogP contribution < -0.4 is 30.3 Å². The highest BCUT2D eigenvalue weighted by Crippen LogP contribution is 2.44. The number of hydrogen-bond donors (Lipinski definition) is 2. The van der Waals surface area contributed by atoms with E-state index in [0.717, 1.165) is 57.8 Å². The van der Waals surface area contributed by atoms with Gasteiger partial charge in [0.25, 0.3) is 0 Å². The summed E-state index contributed by atoms with van der Waals surface area (Å²) in [6, 6.07) is 20.2. The molecule has 1 aliphatic heterocycles. The van der Waals surface area contributed by atoms with Crippen molar-refractivity contribution in [3.63, 3.8) is 0 Å². The zero-order valence-electron chi connectivity index (χ0n) is 27.4. The summed E-state index contributed by atoms with van der Waals surface area (Å²) in [7, 11) is 0.814. The first-order chi connectivity index (χ1) is 22.5. The molecule has 10 nitrogen and oxygen atoms in total. The van der Waals surface area contributed by atoms with Crippen molar-refractivity contribution >= 4 is 57.2 Å². The van der Waals surface area contributed by atoms with Crippen LogP contribution in [0.5, 0.6) is 11.5 Å². The summed E-state index contributed by atoms with van der Waals surface area (Å²) in [4.78, 5) is 11.7. The average molecular weight is 717 g/mol. The van der Waals surface area contributed by atoms with Crippen molar-refractivity contribution in [1.29, 1.82) is 0 Å². The molecule has 2 aromatic heterocycles. The molecule has 12 heteroatoms. The Morgan fingerprint density at radius 3 is 2.43 bits per heavy atom. The van der Waals surface area contributed by atoms with Gasteiger partial charge in [0.1, 0.15) is 24.5 Å². The van der Waals surface area contributed by atoms with Gasteiger partial charge >= 0.3 is 0 Å². The van der Waals surface area contributed by atoms with E-state index in [2.05, 4.69) is 79.2 Å². The largest absolute Gasteiger partial charge is 0.497 e. The third-order valence-corrected chi connectivity index (χ3v) is 10.4. The molecule has 244 valence electrons. The van der Waals surface area contributed by atoms with Gasteiger partial charge in [-0.25, -0.2) is 4.98 Å². The van der Waals surface area contributed by atoms with Crippen molar-refractivity contribution in [1.82, 2.24) is 19.7 Å². The highest BCUT2D eigenvalue weighted by atomic mass is 79.9. The second-order valence-corrected chi connectivity index (χ2v) is 16.2. The predicted octanol–water partition coefficient (Wildman–Crippen LogP) is 7.67. The van der Waals surface area contributed by atoms with E-state index in [-0.39, 0.29) is 6.04 Å². The second kappa shape index (κ2) is 13.4. The molecule has 0 atom stereocenters. The molecule has 0 fully saturated rings. The number of nitrogens with one attached hydrogen (secondary N) is 2. The lowest BCUT2D eigenvalue weighted by atomic mass is 10.0. The van der Waals surface area contributed by atoms with Crippen molar-refractivity contribution in [2.24, 2.45) is 0 Å². The average Bonchev–Trinajstić information content (AvgIpc) is 3.36. The van der Waals surface area contributed by atoms with Crippen molar-refractivity contribution in [2.75, 3.05) is 49.6 Å². The van der Waals surface area contributed by atoms with Crippen LogP contribution >= 0.6 is 23.1 Å². The van der Waals surface area contributed by atoms with Gasteiger partial charge in [-0.1, -0.05) is 24.3 Å². The van der Waals surface area contributed by atoms with E-state index in [4.69, 9.17) is 19.6 Å². The van der Waals surface area contributed by atoms with Crippen LogP contribution in [0.4, 0.5) is 28.8 Å². The second-order valence-electron chi connectivity index (χ2n) is 12.1. The van der Waals surface area contributed by atoms with E-state index in [1.54, 1.807) is 33.7 Å². The Labute approximate surface area is 284 Å². The molecule has 0 unspecified atom stereocenters. The Morgan fingerprint density at radius 2 is 1.72 bits per heavy atom. The molecular formula is C35H39BrN7O3P. The highest BCUT2D eigenvalue weighted by Gasteiger charge is 2.27. The first kappa shape index (κ1) is 32.6. The number of halogens is 1. The number of nitrogens with zero attached hydrogens (tertiary/aromatic N) is 5. The Hall–Kier alpha value is -4.34. The topological polar surface area (TPSA) is 106 Å². The summed E-state index contributed by atoms with van der Waals surface area (Å²) in [6.45, 7) is 9.44. The van der Waals surface area contributed by atoms with Gasteiger partial charge in [-0.05, 0) is 79.0 Å². The fourth-order valence-electron chi connectivity index (χ4n) is 5.92. The summed E-state index contributed by atoms with van der Waals surface area (Å²) in [6.07, 6.45) is 4.50. The molecule has 3 aromatic carbocycles. The van der Waals surface area contributed by atoms with Crippen molar-refractivity contribution in [2.45, 2.75) is 32.9 Å². The fourth-order valence-corrected chi connectivity index (χ4v) is 7.37. The van der Waals surface area contributed by atoms with E-state index in [0.29, 0.717) is 28.5 Å². The molecule has 0 bridgehead atoms. The van der Waals surface area contributed by atoms with Gasteiger partial charge in [0.2, 0.25) is 5.95 Å². The van der Waals surface area contributed by atoms with Gasteiger partial charge in [0, 0.05) is 59.1 Å². The Bertz CT molecular complexity index is 1960. The maximum absolute atomic E-state index is 13.0. The lowest BCUT2D eigenvalue weighted by molar-refractivity contribution is 0.414. The van der Waals surface area contributed by atoms with Gasteiger partial charge in [-0.3, -0.25) is 4.68 Å². The van der Waals surface area contributed by atoms with Crippen LogP contribution in [0.1, 0.15) is 25.1 Å². The Balaban J connectivity index is 1.37. The zero-order chi connectivity index (χ0) is 33.3. The Kier molecular flexibility index (Phi) is 9.30. The van der Waals surface area contributed by atoms with E-state index in [9.17, 15) is 4.57 Å². The molecule has 0 spiro atoms. The molecule has 0 aliphatic carbocycles. The summed E-state index contributed by atoms with van der Waals surface area (Å²) in [5.74, 6) is 2.43. The van der Waals surface area contributed by atoms with Crippen LogP contribution in [-0.4, -0.2) is 59.9 Å². The lowest BCUT2D eigenvalue weighted by Gasteiger charge is -2.30. The van der Waals surface area contributed by atoms with E-state index in [1.807, 2.05) is 42.6 Å². The van der Waals surface area contributed by atoms with Gasteiger partial charge in [0.05, 0.1) is 42.8 Å². The van der Waals surface area contributed by atoms with Crippen molar-refractivity contribution in [3.05, 3.63) is 88.8 Å². The lowest BCUT2D eigenvalue weighted by Crippen LogP contribution is -2.32. The van der Waals surface area contributed by atoms with Crippen LogP contribution in [0.2, 0.25) is 0 Å². The van der Waals surface area contributed by atoms with Gasteiger partial charge in [-0.15, -0.1) is 0 Å². The molecule has 0 saturated heterocycles. The summed E-state index contributed by atoms with van der Waals surface area (Å²) in [5.41, 5.74) is 7.02. The Morgan fingerprint density at radius 1 is 0.957 bits per heavy atom. The molecule has 0 radical (unpaired) electrons. The first-order valence-electron chi connectivity index (χ1n) is 15.4. The van der Waals surface area contributed by atoms with Crippen LogP contribution in [0.25, 0.3) is 11.1 Å². The fraction of sp³-hybridized carbons (Fsp3) is 0.286. The number of benzene rings is 3. The standard InChI is InChI=1S/C35H39BrN7O3P/c1-22(2)42-16-15-30-26(19-38-43(30)21-23-11-13-24(45-3)14-12-23)25-17-29(32(46-4)18-31(25)42)40-35-37-20-27(36)34(41-35)39-28-9-7-8-10-33(28)47(5,6)44/h7-14,17-20,22H,15-16,21H2,1-6H3,(H2,37,39,40,41). The highest BCUT2D eigenvalue weighted by molar-refractivity contribution is 9.10. The maximum Gasteiger partial charge on any atom is 0.229 e. The number of anilines is 5.